The van der Waals surface area contributed by atoms with Crippen molar-refractivity contribution in [3.8, 4) is 0 Å². The molecule has 2 aliphatic heterocycles. The van der Waals surface area contributed by atoms with Gasteiger partial charge in [-0.1, -0.05) is 0 Å². The fourth-order valence-corrected chi connectivity index (χ4v) is 1.65. The van der Waals surface area contributed by atoms with Crippen LogP contribution < -0.4 is 16.0 Å². The lowest BCUT2D eigenvalue weighted by Gasteiger charge is -2.27. The zero-order valence-electron chi connectivity index (χ0n) is 10.1. The Morgan fingerprint density at radius 1 is 0.833 bits per heavy atom. The standard InChI is InChI=1S/C6H9F3N2O.C4H10N2/c7-6(8,9)5(12)11-3-1-10-2-4-11;1-2-6-4-3-5-1/h10H,1-4H2;5-6H,1-4H2. The summed E-state index contributed by atoms with van der Waals surface area (Å²) in [4.78, 5) is 11.4. The molecule has 0 spiro atoms. The first-order chi connectivity index (χ1) is 8.52. The number of carbonyl (C=O) groups excluding carboxylic acids is 1. The lowest BCUT2D eigenvalue weighted by Crippen LogP contribution is -2.50. The number of hydrogen-bond acceptors (Lipinski definition) is 4. The van der Waals surface area contributed by atoms with Crippen molar-refractivity contribution in [2.45, 2.75) is 6.18 Å². The van der Waals surface area contributed by atoms with Crippen molar-refractivity contribution in [3.05, 3.63) is 0 Å². The number of alkyl halides is 3. The van der Waals surface area contributed by atoms with Crippen molar-refractivity contribution in [2.24, 2.45) is 0 Å². The van der Waals surface area contributed by atoms with Gasteiger partial charge in [0.05, 0.1) is 0 Å². The molecule has 3 N–H and O–H groups in total. The summed E-state index contributed by atoms with van der Waals surface area (Å²) >= 11 is 0. The molecule has 5 nitrogen and oxygen atoms in total. The summed E-state index contributed by atoms with van der Waals surface area (Å²) < 4.78 is 35.5. The minimum absolute atomic E-state index is 0.137. The smallest absolute Gasteiger partial charge is 0.332 e. The Hall–Kier alpha value is -0.860. The Labute approximate surface area is 104 Å². The van der Waals surface area contributed by atoms with Crippen LogP contribution in [-0.2, 0) is 4.79 Å². The van der Waals surface area contributed by atoms with Crippen molar-refractivity contribution in [2.75, 3.05) is 52.4 Å². The predicted octanol–water partition coefficient (Wildman–Crippen LogP) is -0.840. The number of rotatable bonds is 0. The van der Waals surface area contributed by atoms with Gasteiger partial charge in [-0.3, -0.25) is 4.79 Å². The van der Waals surface area contributed by atoms with Crippen molar-refractivity contribution in [1.82, 2.24) is 20.9 Å². The SMILES string of the molecule is C1CNCCN1.O=C(N1CCNCC1)C(F)(F)F. The number of nitrogens with zero attached hydrogens (tertiary/aromatic N) is 1. The molecule has 0 bridgehead atoms. The van der Waals surface area contributed by atoms with Crippen LogP contribution in [0, 0.1) is 0 Å². The highest BCUT2D eigenvalue weighted by Crippen LogP contribution is 2.18. The number of nitrogens with one attached hydrogen (secondary N) is 3. The molecule has 0 aromatic carbocycles. The Kier molecular flexibility index (Phi) is 6.37. The highest BCUT2D eigenvalue weighted by molar-refractivity contribution is 5.81. The molecule has 2 aliphatic rings. The van der Waals surface area contributed by atoms with Gasteiger partial charge in [-0.05, 0) is 0 Å². The van der Waals surface area contributed by atoms with Gasteiger partial charge in [0.15, 0.2) is 0 Å². The van der Waals surface area contributed by atoms with Crippen LogP contribution in [0.5, 0.6) is 0 Å². The third kappa shape index (κ3) is 5.65. The molecule has 8 heteroatoms. The maximum Gasteiger partial charge on any atom is 0.471 e. The maximum atomic E-state index is 11.8. The molecule has 0 aromatic rings. The molecule has 2 rings (SSSR count). The maximum absolute atomic E-state index is 11.8. The van der Waals surface area contributed by atoms with Gasteiger partial charge in [0.25, 0.3) is 0 Å². The number of carbonyl (C=O) groups is 1. The minimum Gasteiger partial charge on any atom is -0.332 e. The average Bonchev–Trinajstić information content (AvgIpc) is 2.40. The van der Waals surface area contributed by atoms with Crippen molar-refractivity contribution in [1.29, 1.82) is 0 Å². The van der Waals surface area contributed by atoms with E-state index in [0.717, 1.165) is 31.1 Å². The van der Waals surface area contributed by atoms with E-state index in [-0.39, 0.29) is 13.1 Å². The van der Waals surface area contributed by atoms with Crippen LogP contribution in [0.4, 0.5) is 13.2 Å². The molecule has 2 heterocycles. The summed E-state index contributed by atoms with van der Waals surface area (Å²) in [7, 11) is 0. The van der Waals surface area contributed by atoms with Gasteiger partial charge >= 0.3 is 12.1 Å². The topological polar surface area (TPSA) is 56.4 Å². The number of amides is 1. The van der Waals surface area contributed by atoms with Gasteiger partial charge in [-0.25, -0.2) is 0 Å². The quantitative estimate of drug-likeness (QED) is 0.536. The van der Waals surface area contributed by atoms with E-state index in [4.69, 9.17) is 0 Å². The van der Waals surface area contributed by atoms with Crippen LogP contribution in [0.25, 0.3) is 0 Å². The summed E-state index contributed by atoms with van der Waals surface area (Å²) in [6, 6.07) is 0. The number of hydrogen-bond donors (Lipinski definition) is 3. The Bertz CT molecular complexity index is 238. The van der Waals surface area contributed by atoms with Gasteiger partial charge in [0.1, 0.15) is 0 Å². The van der Waals surface area contributed by atoms with Crippen molar-refractivity contribution < 1.29 is 18.0 Å². The van der Waals surface area contributed by atoms with E-state index in [1.807, 2.05) is 0 Å². The Morgan fingerprint density at radius 2 is 1.22 bits per heavy atom. The molecule has 0 aliphatic carbocycles. The molecule has 0 saturated carbocycles. The molecule has 1 amide bonds. The molecule has 106 valence electrons. The lowest BCUT2D eigenvalue weighted by molar-refractivity contribution is -0.185. The van der Waals surface area contributed by atoms with Gasteiger partial charge in [0, 0.05) is 52.4 Å². The van der Waals surface area contributed by atoms with Crippen molar-refractivity contribution >= 4 is 5.91 Å². The van der Waals surface area contributed by atoms with Gasteiger partial charge < -0.3 is 20.9 Å². The summed E-state index contributed by atoms with van der Waals surface area (Å²) in [6.45, 7) is 5.69. The summed E-state index contributed by atoms with van der Waals surface area (Å²) in [5, 5.41) is 9.30. The largest absolute Gasteiger partial charge is 0.471 e. The van der Waals surface area contributed by atoms with Crippen LogP contribution >= 0.6 is 0 Å². The molecular weight excluding hydrogens is 249 g/mol. The molecule has 0 atom stereocenters. The first-order valence-corrected chi connectivity index (χ1v) is 6.00. The highest BCUT2D eigenvalue weighted by atomic mass is 19.4. The fourth-order valence-electron chi connectivity index (χ4n) is 1.65. The Morgan fingerprint density at radius 3 is 1.56 bits per heavy atom. The van der Waals surface area contributed by atoms with Crippen LogP contribution in [-0.4, -0.2) is 69.3 Å². The van der Waals surface area contributed by atoms with Crippen LogP contribution in [0.15, 0.2) is 0 Å². The van der Waals surface area contributed by atoms with E-state index < -0.39 is 12.1 Å². The van der Waals surface area contributed by atoms with Gasteiger partial charge in [0.2, 0.25) is 0 Å². The predicted molar refractivity (Wildman–Crippen MR) is 61.2 cm³/mol. The second kappa shape index (κ2) is 7.55. The van der Waals surface area contributed by atoms with Crippen LogP contribution in [0.2, 0.25) is 0 Å². The normalized spacial score (nSPS) is 20.9. The van der Waals surface area contributed by atoms with Gasteiger partial charge in [-0.2, -0.15) is 13.2 Å². The number of piperazine rings is 2. The molecular formula is C10H19F3N4O. The summed E-state index contributed by atoms with van der Waals surface area (Å²) in [5.74, 6) is -1.73. The summed E-state index contributed by atoms with van der Waals surface area (Å²) in [5.41, 5.74) is 0. The average molecular weight is 268 g/mol. The fraction of sp³-hybridized carbons (Fsp3) is 0.900. The highest BCUT2D eigenvalue weighted by Gasteiger charge is 2.42. The van der Waals surface area contributed by atoms with Crippen LogP contribution in [0.3, 0.4) is 0 Å². The molecule has 0 unspecified atom stereocenters. The van der Waals surface area contributed by atoms with E-state index in [1.165, 1.54) is 0 Å². The minimum atomic E-state index is -4.72. The zero-order chi connectivity index (χ0) is 13.4. The van der Waals surface area contributed by atoms with E-state index >= 15 is 0 Å². The zero-order valence-corrected chi connectivity index (χ0v) is 10.1. The van der Waals surface area contributed by atoms with E-state index in [1.54, 1.807) is 0 Å². The first kappa shape index (κ1) is 15.2. The van der Waals surface area contributed by atoms with Crippen molar-refractivity contribution in [3.63, 3.8) is 0 Å². The number of halogens is 3. The molecule has 2 fully saturated rings. The molecule has 18 heavy (non-hydrogen) atoms. The first-order valence-electron chi connectivity index (χ1n) is 6.00. The monoisotopic (exact) mass is 268 g/mol. The van der Waals surface area contributed by atoms with Crippen LogP contribution in [0.1, 0.15) is 0 Å². The Balaban J connectivity index is 0.000000225. The molecule has 0 radical (unpaired) electrons. The second-order valence-corrected chi connectivity index (χ2v) is 4.04. The third-order valence-corrected chi connectivity index (χ3v) is 2.60. The lowest BCUT2D eigenvalue weighted by atomic mass is 10.3. The van der Waals surface area contributed by atoms with Gasteiger partial charge in [-0.15, -0.1) is 0 Å². The second-order valence-electron chi connectivity index (χ2n) is 4.04. The molecule has 0 aromatic heterocycles. The van der Waals surface area contributed by atoms with E-state index in [2.05, 4.69) is 16.0 Å². The molecule has 2 saturated heterocycles. The van der Waals surface area contributed by atoms with E-state index in [0.29, 0.717) is 13.1 Å². The van der Waals surface area contributed by atoms with E-state index in [9.17, 15) is 18.0 Å². The third-order valence-electron chi connectivity index (χ3n) is 2.60. The summed E-state index contributed by atoms with van der Waals surface area (Å²) in [6.07, 6.45) is -4.72.